The normalized spacial score (nSPS) is 15.3. The third-order valence-corrected chi connectivity index (χ3v) is 5.74. The van der Waals surface area contributed by atoms with Crippen molar-refractivity contribution in [2.45, 2.75) is 20.3 Å². The molecule has 0 saturated carbocycles. The average molecular weight is 382 g/mol. The molecule has 2 aromatic rings. The molecule has 9 heteroatoms. The Morgan fingerprint density at radius 3 is 2.88 bits per heavy atom. The van der Waals surface area contributed by atoms with Crippen LogP contribution in [-0.2, 0) is 9.53 Å². The molecule has 136 valence electrons. The Morgan fingerprint density at radius 1 is 1.32 bits per heavy atom. The highest BCUT2D eigenvalue weighted by Gasteiger charge is 2.14. The lowest BCUT2D eigenvalue weighted by atomic mass is 10.3. The standard InChI is InChI=1S/C16H23N5O2S2/c1-11-14(25-16(18-11)19-12(2)22)13-10-24-15(20-13)17-4-3-5-21-6-8-23-9-7-21/h10H,3-9H2,1-2H3,(H,17,20)(H,18,19,22). The summed E-state index contributed by atoms with van der Waals surface area (Å²) in [5.41, 5.74) is 1.80. The predicted molar refractivity (Wildman–Crippen MR) is 103 cm³/mol. The van der Waals surface area contributed by atoms with Gasteiger partial charge in [-0.05, 0) is 19.9 Å². The Morgan fingerprint density at radius 2 is 2.12 bits per heavy atom. The van der Waals surface area contributed by atoms with Gasteiger partial charge in [-0.25, -0.2) is 9.97 Å². The largest absolute Gasteiger partial charge is 0.379 e. The molecule has 1 amide bonds. The van der Waals surface area contributed by atoms with Crippen LogP contribution in [0.5, 0.6) is 0 Å². The molecule has 2 aromatic heterocycles. The van der Waals surface area contributed by atoms with Gasteiger partial charge in [0.25, 0.3) is 0 Å². The lowest BCUT2D eigenvalue weighted by Crippen LogP contribution is -2.37. The van der Waals surface area contributed by atoms with Gasteiger partial charge in [-0.1, -0.05) is 11.3 Å². The lowest BCUT2D eigenvalue weighted by Gasteiger charge is -2.26. The predicted octanol–water partition coefficient (Wildman–Crippen LogP) is 2.67. The summed E-state index contributed by atoms with van der Waals surface area (Å²) in [4.78, 5) is 23.6. The number of nitrogens with zero attached hydrogens (tertiary/aromatic N) is 3. The van der Waals surface area contributed by atoms with Gasteiger partial charge in [0.15, 0.2) is 10.3 Å². The van der Waals surface area contributed by atoms with Crippen molar-refractivity contribution in [2.24, 2.45) is 0 Å². The van der Waals surface area contributed by atoms with Crippen LogP contribution in [0, 0.1) is 6.92 Å². The molecule has 0 atom stereocenters. The van der Waals surface area contributed by atoms with Gasteiger partial charge in [0.05, 0.1) is 29.5 Å². The maximum absolute atomic E-state index is 11.2. The van der Waals surface area contributed by atoms with Gasteiger partial charge in [-0.2, -0.15) is 0 Å². The van der Waals surface area contributed by atoms with Gasteiger partial charge in [-0.15, -0.1) is 11.3 Å². The van der Waals surface area contributed by atoms with Gasteiger partial charge in [0.2, 0.25) is 5.91 Å². The molecule has 1 aliphatic heterocycles. The van der Waals surface area contributed by atoms with E-state index in [1.165, 1.54) is 18.3 Å². The number of hydrogen-bond acceptors (Lipinski definition) is 8. The summed E-state index contributed by atoms with van der Waals surface area (Å²) in [7, 11) is 0. The van der Waals surface area contributed by atoms with E-state index in [1.807, 2.05) is 12.3 Å². The number of morpholine rings is 1. The van der Waals surface area contributed by atoms with E-state index in [9.17, 15) is 4.79 Å². The number of anilines is 2. The molecule has 0 bridgehead atoms. The fraction of sp³-hybridized carbons (Fsp3) is 0.562. The number of carbonyl (C=O) groups excluding carboxylic acids is 1. The molecule has 1 fully saturated rings. The van der Waals surface area contributed by atoms with Crippen molar-refractivity contribution < 1.29 is 9.53 Å². The number of ether oxygens (including phenoxy) is 1. The minimum absolute atomic E-state index is 0.110. The van der Waals surface area contributed by atoms with Crippen LogP contribution in [0.15, 0.2) is 5.38 Å². The van der Waals surface area contributed by atoms with E-state index in [-0.39, 0.29) is 5.91 Å². The van der Waals surface area contributed by atoms with Gasteiger partial charge < -0.3 is 15.4 Å². The molecule has 0 aromatic carbocycles. The van der Waals surface area contributed by atoms with Crippen molar-refractivity contribution in [1.82, 2.24) is 14.9 Å². The molecule has 3 heterocycles. The smallest absolute Gasteiger partial charge is 0.223 e. The Labute approximate surface area is 155 Å². The fourth-order valence-electron chi connectivity index (χ4n) is 2.62. The molecule has 2 N–H and O–H groups in total. The summed E-state index contributed by atoms with van der Waals surface area (Å²) in [6, 6.07) is 0. The monoisotopic (exact) mass is 381 g/mol. The maximum atomic E-state index is 11.2. The van der Waals surface area contributed by atoms with Crippen LogP contribution in [0.3, 0.4) is 0 Å². The fourth-order valence-corrected chi connectivity index (χ4v) is 4.40. The van der Waals surface area contributed by atoms with Crippen molar-refractivity contribution in [3.63, 3.8) is 0 Å². The second-order valence-electron chi connectivity index (χ2n) is 5.89. The zero-order valence-electron chi connectivity index (χ0n) is 14.5. The first-order valence-corrected chi connectivity index (χ1v) is 10.1. The maximum Gasteiger partial charge on any atom is 0.223 e. The molecule has 7 nitrogen and oxygen atoms in total. The van der Waals surface area contributed by atoms with Crippen molar-refractivity contribution in [3.8, 4) is 10.6 Å². The minimum atomic E-state index is -0.110. The van der Waals surface area contributed by atoms with E-state index in [2.05, 4.69) is 25.5 Å². The molecule has 25 heavy (non-hydrogen) atoms. The summed E-state index contributed by atoms with van der Waals surface area (Å²) in [6.07, 6.45) is 1.08. The Bertz CT molecular complexity index is 709. The summed E-state index contributed by atoms with van der Waals surface area (Å²) >= 11 is 3.05. The third-order valence-electron chi connectivity index (χ3n) is 3.85. The Balaban J connectivity index is 1.50. The van der Waals surface area contributed by atoms with Crippen LogP contribution in [0.25, 0.3) is 10.6 Å². The van der Waals surface area contributed by atoms with Crippen LogP contribution < -0.4 is 10.6 Å². The molecule has 0 aliphatic carbocycles. The third kappa shape index (κ3) is 5.21. The zero-order chi connectivity index (χ0) is 17.6. The van der Waals surface area contributed by atoms with Gasteiger partial charge >= 0.3 is 0 Å². The summed E-state index contributed by atoms with van der Waals surface area (Å²) < 4.78 is 5.36. The number of carbonyl (C=O) groups is 1. The number of amides is 1. The molecule has 0 spiro atoms. The second kappa shape index (κ2) is 8.70. The molecule has 1 saturated heterocycles. The lowest BCUT2D eigenvalue weighted by molar-refractivity contribution is -0.114. The van der Waals surface area contributed by atoms with E-state index in [0.29, 0.717) is 5.13 Å². The molecule has 3 rings (SSSR count). The van der Waals surface area contributed by atoms with Crippen LogP contribution in [0.1, 0.15) is 19.0 Å². The number of aromatic nitrogens is 2. The average Bonchev–Trinajstić information content (AvgIpc) is 3.18. The first-order chi connectivity index (χ1) is 12.1. The summed E-state index contributed by atoms with van der Waals surface area (Å²) in [5, 5.41) is 9.70. The summed E-state index contributed by atoms with van der Waals surface area (Å²) in [6.45, 7) is 9.16. The first-order valence-electron chi connectivity index (χ1n) is 8.36. The number of rotatable bonds is 7. The Hall–Kier alpha value is -1.55. The van der Waals surface area contributed by atoms with Crippen molar-refractivity contribution >= 4 is 38.8 Å². The Kier molecular flexibility index (Phi) is 6.35. The number of nitrogens with one attached hydrogen (secondary N) is 2. The van der Waals surface area contributed by atoms with Crippen molar-refractivity contribution in [3.05, 3.63) is 11.1 Å². The zero-order valence-corrected chi connectivity index (χ0v) is 16.1. The van der Waals surface area contributed by atoms with Crippen LogP contribution >= 0.6 is 22.7 Å². The molecule has 0 radical (unpaired) electrons. The van der Waals surface area contributed by atoms with Crippen LogP contribution in [0.2, 0.25) is 0 Å². The quantitative estimate of drug-likeness (QED) is 0.718. The second-order valence-corrected chi connectivity index (χ2v) is 7.74. The highest BCUT2D eigenvalue weighted by Crippen LogP contribution is 2.34. The van der Waals surface area contributed by atoms with E-state index in [0.717, 1.165) is 67.2 Å². The van der Waals surface area contributed by atoms with E-state index >= 15 is 0 Å². The first kappa shape index (κ1) is 18.2. The van der Waals surface area contributed by atoms with Crippen molar-refractivity contribution in [2.75, 3.05) is 50.0 Å². The number of thiazole rings is 2. The van der Waals surface area contributed by atoms with Gasteiger partial charge in [0, 0.05) is 31.9 Å². The topological polar surface area (TPSA) is 79.4 Å². The van der Waals surface area contributed by atoms with E-state index < -0.39 is 0 Å². The molecule has 0 unspecified atom stereocenters. The van der Waals surface area contributed by atoms with Gasteiger partial charge in [-0.3, -0.25) is 9.69 Å². The van der Waals surface area contributed by atoms with Crippen molar-refractivity contribution in [1.29, 1.82) is 0 Å². The number of hydrogen-bond donors (Lipinski definition) is 2. The van der Waals surface area contributed by atoms with E-state index in [4.69, 9.17) is 4.74 Å². The highest BCUT2D eigenvalue weighted by atomic mass is 32.1. The van der Waals surface area contributed by atoms with Crippen LogP contribution in [0.4, 0.5) is 10.3 Å². The van der Waals surface area contributed by atoms with Gasteiger partial charge in [0.1, 0.15) is 0 Å². The SMILES string of the molecule is CC(=O)Nc1nc(C)c(-c2csc(NCCCN3CCOCC3)n2)s1. The summed E-state index contributed by atoms with van der Waals surface area (Å²) in [5.74, 6) is -0.110. The minimum Gasteiger partial charge on any atom is -0.379 e. The van der Waals surface area contributed by atoms with Crippen LogP contribution in [-0.4, -0.2) is 60.2 Å². The van der Waals surface area contributed by atoms with E-state index in [1.54, 1.807) is 11.3 Å². The molecule has 1 aliphatic rings. The highest BCUT2D eigenvalue weighted by molar-refractivity contribution is 7.19. The molecular weight excluding hydrogens is 358 g/mol. The number of aryl methyl sites for hydroxylation is 1. The molecular formula is C16H23N5O2S2.